The average molecular weight is 493 g/mol. The number of allylic oxidation sites excluding steroid dienone is 1. The minimum absolute atomic E-state index is 0.149. The maximum absolute atomic E-state index is 14.1. The SMILES string of the molecule is CC1=C(c2nc(-c3cccc(Cl)c3)no2)C(c2cccc(F)c2)NC(=O)N1c1ccc(F)c(C)c1. The molecule has 1 aromatic heterocycles. The molecule has 4 aromatic rings. The van der Waals surface area contributed by atoms with Crippen molar-refractivity contribution >= 4 is 28.9 Å². The van der Waals surface area contributed by atoms with Crippen LogP contribution >= 0.6 is 11.6 Å². The number of urea groups is 1. The summed E-state index contributed by atoms with van der Waals surface area (Å²) < 4.78 is 33.6. The summed E-state index contributed by atoms with van der Waals surface area (Å²) in [6, 6.07) is 16.1. The van der Waals surface area contributed by atoms with Crippen molar-refractivity contribution in [2.45, 2.75) is 19.9 Å². The molecule has 2 heterocycles. The van der Waals surface area contributed by atoms with Crippen molar-refractivity contribution in [3.05, 3.63) is 106 Å². The molecule has 35 heavy (non-hydrogen) atoms. The predicted octanol–water partition coefficient (Wildman–Crippen LogP) is 6.68. The number of nitrogens with one attached hydrogen (secondary N) is 1. The number of aryl methyl sites for hydroxylation is 1. The number of halogens is 3. The van der Waals surface area contributed by atoms with Crippen LogP contribution in [0.3, 0.4) is 0 Å². The molecular formula is C26H19ClF2N4O2. The zero-order valence-corrected chi connectivity index (χ0v) is 19.5. The molecular weight excluding hydrogens is 474 g/mol. The van der Waals surface area contributed by atoms with Crippen molar-refractivity contribution in [2.75, 3.05) is 4.90 Å². The monoisotopic (exact) mass is 492 g/mol. The highest BCUT2D eigenvalue weighted by atomic mass is 35.5. The number of hydrogen-bond donors (Lipinski definition) is 1. The summed E-state index contributed by atoms with van der Waals surface area (Å²) in [5.74, 6) is -0.373. The molecule has 5 rings (SSSR count). The number of benzene rings is 3. The molecule has 1 aliphatic heterocycles. The van der Waals surface area contributed by atoms with Crippen molar-refractivity contribution in [3.63, 3.8) is 0 Å². The Kier molecular flexibility index (Phi) is 5.82. The second-order valence-electron chi connectivity index (χ2n) is 8.14. The first-order chi connectivity index (χ1) is 16.8. The lowest BCUT2D eigenvalue weighted by atomic mass is 9.94. The van der Waals surface area contributed by atoms with Gasteiger partial charge in [0, 0.05) is 16.3 Å². The molecule has 0 saturated heterocycles. The van der Waals surface area contributed by atoms with Gasteiger partial charge in [-0.15, -0.1) is 0 Å². The summed E-state index contributed by atoms with van der Waals surface area (Å²) in [4.78, 5) is 19.2. The van der Waals surface area contributed by atoms with Crippen LogP contribution in [0.2, 0.25) is 5.02 Å². The fraction of sp³-hybridized carbons (Fsp3) is 0.115. The first-order valence-corrected chi connectivity index (χ1v) is 11.1. The molecule has 0 aliphatic carbocycles. The quantitative estimate of drug-likeness (QED) is 0.345. The second kappa shape index (κ2) is 8.96. The Morgan fingerprint density at radius 1 is 1.03 bits per heavy atom. The summed E-state index contributed by atoms with van der Waals surface area (Å²) in [5.41, 5.74) is 2.97. The van der Waals surface area contributed by atoms with E-state index >= 15 is 0 Å². The number of hydrogen-bond acceptors (Lipinski definition) is 4. The molecule has 0 fully saturated rings. The molecule has 6 nitrogen and oxygen atoms in total. The third-order valence-corrected chi connectivity index (χ3v) is 6.04. The molecule has 2 amide bonds. The van der Waals surface area contributed by atoms with Gasteiger partial charge in [0.25, 0.3) is 5.89 Å². The zero-order valence-electron chi connectivity index (χ0n) is 18.7. The molecule has 0 spiro atoms. The number of carbonyl (C=O) groups excluding carboxylic acids is 1. The van der Waals surface area contributed by atoms with Gasteiger partial charge in [-0.1, -0.05) is 41.0 Å². The van der Waals surface area contributed by atoms with E-state index in [0.29, 0.717) is 44.5 Å². The Morgan fingerprint density at radius 2 is 1.83 bits per heavy atom. The molecule has 3 aromatic carbocycles. The van der Waals surface area contributed by atoms with E-state index in [2.05, 4.69) is 15.5 Å². The fourth-order valence-corrected chi connectivity index (χ4v) is 4.30. The number of carbonyl (C=O) groups is 1. The van der Waals surface area contributed by atoms with Crippen LogP contribution in [-0.4, -0.2) is 16.2 Å². The minimum atomic E-state index is -0.761. The highest BCUT2D eigenvalue weighted by molar-refractivity contribution is 6.30. The molecule has 0 radical (unpaired) electrons. The lowest BCUT2D eigenvalue weighted by Crippen LogP contribution is -2.46. The van der Waals surface area contributed by atoms with E-state index in [1.54, 1.807) is 56.3 Å². The topological polar surface area (TPSA) is 71.3 Å². The first kappa shape index (κ1) is 22.7. The van der Waals surface area contributed by atoms with Crippen LogP contribution in [0, 0.1) is 18.6 Å². The normalized spacial score (nSPS) is 16.0. The molecule has 1 unspecified atom stereocenters. The van der Waals surface area contributed by atoms with E-state index in [1.165, 1.54) is 29.2 Å². The van der Waals surface area contributed by atoms with Crippen molar-refractivity contribution in [1.82, 2.24) is 15.5 Å². The van der Waals surface area contributed by atoms with Gasteiger partial charge in [-0.2, -0.15) is 4.98 Å². The molecule has 9 heteroatoms. The Bertz CT molecular complexity index is 1480. The van der Waals surface area contributed by atoms with Crippen molar-refractivity contribution in [3.8, 4) is 11.4 Å². The van der Waals surface area contributed by atoms with Gasteiger partial charge in [0.2, 0.25) is 5.82 Å². The van der Waals surface area contributed by atoms with Crippen LogP contribution in [0.25, 0.3) is 17.0 Å². The van der Waals surface area contributed by atoms with Gasteiger partial charge in [-0.25, -0.2) is 13.6 Å². The lowest BCUT2D eigenvalue weighted by molar-refractivity contribution is 0.244. The van der Waals surface area contributed by atoms with Crippen LogP contribution < -0.4 is 10.2 Å². The van der Waals surface area contributed by atoms with Crippen LogP contribution in [0.5, 0.6) is 0 Å². The standard InChI is InChI=1S/C26H19ClF2N4O2/c1-14-11-20(9-10-21(14)29)33-15(2)22(23(30-26(33)34)16-5-4-8-19(28)13-16)25-31-24(32-35-25)17-6-3-7-18(27)12-17/h3-13,23H,1-2H3,(H,30,34). The highest BCUT2D eigenvalue weighted by Gasteiger charge is 2.36. The van der Waals surface area contributed by atoms with Crippen LogP contribution in [0.4, 0.5) is 19.3 Å². The van der Waals surface area contributed by atoms with Gasteiger partial charge < -0.3 is 9.84 Å². The summed E-state index contributed by atoms with van der Waals surface area (Å²) in [6.45, 7) is 3.34. The summed E-state index contributed by atoms with van der Waals surface area (Å²) in [7, 11) is 0. The van der Waals surface area contributed by atoms with E-state index in [4.69, 9.17) is 16.1 Å². The zero-order chi connectivity index (χ0) is 24.7. The molecule has 1 aliphatic rings. The van der Waals surface area contributed by atoms with E-state index in [-0.39, 0.29) is 11.7 Å². The Labute approximate surface area is 204 Å². The second-order valence-corrected chi connectivity index (χ2v) is 8.58. The number of rotatable bonds is 4. The predicted molar refractivity (Wildman–Crippen MR) is 129 cm³/mol. The Hall–Kier alpha value is -4.04. The van der Waals surface area contributed by atoms with Crippen LogP contribution in [-0.2, 0) is 0 Å². The fourth-order valence-electron chi connectivity index (χ4n) is 4.11. The third-order valence-electron chi connectivity index (χ3n) is 5.81. The molecule has 0 bridgehead atoms. The lowest BCUT2D eigenvalue weighted by Gasteiger charge is -2.35. The molecule has 0 saturated carbocycles. The minimum Gasteiger partial charge on any atom is -0.334 e. The van der Waals surface area contributed by atoms with Crippen molar-refractivity contribution < 1.29 is 18.1 Å². The van der Waals surface area contributed by atoms with Gasteiger partial charge >= 0.3 is 6.03 Å². The molecule has 1 N–H and O–H groups in total. The summed E-state index contributed by atoms with van der Waals surface area (Å²) in [6.07, 6.45) is 0. The van der Waals surface area contributed by atoms with Crippen molar-refractivity contribution in [1.29, 1.82) is 0 Å². The highest BCUT2D eigenvalue weighted by Crippen LogP contribution is 2.39. The number of nitrogens with zero attached hydrogens (tertiary/aromatic N) is 3. The van der Waals surface area contributed by atoms with E-state index in [0.717, 1.165) is 0 Å². The average Bonchev–Trinajstić information content (AvgIpc) is 3.31. The van der Waals surface area contributed by atoms with Gasteiger partial charge in [0.15, 0.2) is 0 Å². The summed E-state index contributed by atoms with van der Waals surface area (Å²) >= 11 is 6.11. The number of amides is 2. The smallest absolute Gasteiger partial charge is 0.326 e. The molecule has 176 valence electrons. The molecule has 1 atom stereocenters. The van der Waals surface area contributed by atoms with Gasteiger partial charge in [-0.3, -0.25) is 4.90 Å². The van der Waals surface area contributed by atoms with E-state index in [1.807, 2.05) is 0 Å². The first-order valence-electron chi connectivity index (χ1n) is 10.7. The Balaban J connectivity index is 1.67. The van der Waals surface area contributed by atoms with Gasteiger partial charge in [0.05, 0.1) is 17.3 Å². The maximum Gasteiger partial charge on any atom is 0.326 e. The van der Waals surface area contributed by atoms with Crippen LogP contribution in [0.15, 0.2) is 77.0 Å². The summed E-state index contributed by atoms with van der Waals surface area (Å²) in [5, 5.41) is 7.51. The Morgan fingerprint density at radius 3 is 2.57 bits per heavy atom. The van der Waals surface area contributed by atoms with E-state index in [9.17, 15) is 13.6 Å². The maximum atomic E-state index is 14.1. The third kappa shape index (κ3) is 4.28. The van der Waals surface area contributed by atoms with Gasteiger partial charge in [0.1, 0.15) is 11.6 Å². The van der Waals surface area contributed by atoms with E-state index < -0.39 is 17.9 Å². The largest absolute Gasteiger partial charge is 0.334 e. The number of anilines is 1. The van der Waals surface area contributed by atoms with Crippen molar-refractivity contribution in [2.24, 2.45) is 0 Å². The van der Waals surface area contributed by atoms with Gasteiger partial charge in [-0.05, 0) is 67.4 Å². The van der Waals surface area contributed by atoms with Crippen LogP contribution in [0.1, 0.15) is 30.0 Å². The number of aromatic nitrogens is 2.